The number of benzene rings is 1. The highest BCUT2D eigenvalue weighted by atomic mass is 32.2. The molecule has 0 unspecified atom stereocenters. The number of aldehydes is 1. The van der Waals surface area contributed by atoms with E-state index in [0.29, 0.717) is 17.4 Å². The average Bonchev–Trinajstić information content (AvgIpc) is 3.02. The summed E-state index contributed by atoms with van der Waals surface area (Å²) in [5, 5.41) is 0. The molecule has 3 aromatic rings. The lowest BCUT2D eigenvalue weighted by molar-refractivity contribution is 0.0529. The number of sulfone groups is 1. The first-order chi connectivity index (χ1) is 13.4. The molecule has 0 saturated carbocycles. The zero-order valence-corrected chi connectivity index (χ0v) is 16.7. The first kappa shape index (κ1) is 19.8. The molecule has 1 aromatic carbocycles. The topological polar surface area (TPSA) is 81.9 Å². The largest absolute Gasteiger partial charge is 0.462 e. The van der Waals surface area contributed by atoms with Gasteiger partial charge in [0.05, 0.1) is 34.0 Å². The SMILES string of the molecule is CCOC(=O)c1c(-c2cc(C)ccc2S(=O)(=O)CC)c(C=O)n2ccccc12. The fourth-order valence-corrected chi connectivity index (χ4v) is 4.38. The molecule has 0 amide bonds. The van der Waals surface area contributed by atoms with Crippen LogP contribution in [0, 0.1) is 6.92 Å². The molecule has 2 aromatic heterocycles. The number of carbonyl (C=O) groups excluding carboxylic acids is 2. The maximum Gasteiger partial charge on any atom is 0.340 e. The number of nitrogens with zero attached hydrogens (tertiary/aromatic N) is 1. The molecule has 28 heavy (non-hydrogen) atoms. The van der Waals surface area contributed by atoms with E-state index >= 15 is 0 Å². The molecule has 0 saturated heterocycles. The van der Waals surface area contributed by atoms with Gasteiger partial charge < -0.3 is 9.14 Å². The average molecular weight is 399 g/mol. The lowest BCUT2D eigenvalue weighted by Crippen LogP contribution is -2.09. The molecule has 146 valence electrons. The minimum Gasteiger partial charge on any atom is -0.462 e. The second-order valence-corrected chi connectivity index (χ2v) is 8.58. The Kier molecular flexibility index (Phi) is 5.38. The number of hydrogen-bond donors (Lipinski definition) is 0. The van der Waals surface area contributed by atoms with Gasteiger partial charge in [-0.05, 0) is 32.0 Å². The van der Waals surface area contributed by atoms with E-state index in [1.807, 2.05) is 6.92 Å². The van der Waals surface area contributed by atoms with Crippen molar-refractivity contribution >= 4 is 27.6 Å². The molecule has 0 aliphatic heterocycles. The lowest BCUT2D eigenvalue weighted by atomic mass is 9.99. The van der Waals surface area contributed by atoms with E-state index in [-0.39, 0.29) is 34.1 Å². The monoisotopic (exact) mass is 399 g/mol. The van der Waals surface area contributed by atoms with Crippen molar-refractivity contribution in [3.63, 3.8) is 0 Å². The Bertz CT molecular complexity index is 1170. The summed E-state index contributed by atoms with van der Waals surface area (Å²) >= 11 is 0. The fraction of sp³-hybridized carbons (Fsp3) is 0.238. The predicted molar refractivity (Wildman–Crippen MR) is 107 cm³/mol. The van der Waals surface area contributed by atoms with Crippen molar-refractivity contribution in [2.45, 2.75) is 25.7 Å². The predicted octanol–water partition coefficient (Wildman–Crippen LogP) is 3.70. The molecule has 6 nitrogen and oxygen atoms in total. The second kappa shape index (κ2) is 7.59. The van der Waals surface area contributed by atoms with Crippen LogP contribution >= 0.6 is 0 Å². The van der Waals surface area contributed by atoms with Crippen LogP contribution in [0.2, 0.25) is 0 Å². The van der Waals surface area contributed by atoms with Gasteiger partial charge in [-0.25, -0.2) is 13.2 Å². The maximum absolute atomic E-state index is 12.8. The number of hydrogen-bond acceptors (Lipinski definition) is 5. The van der Waals surface area contributed by atoms with Crippen LogP contribution in [0.25, 0.3) is 16.6 Å². The summed E-state index contributed by atoms with van der Waals surface area (Å²) in [4.78, 5) is 24.9. The van der Waals surface area contributed by atoms with Crippen LogP contribution in [-0.2, 0) is 14.6 Å². The number of pyridine rings is 1. The van der Waals surface area contributed by atoms with Gasteiger partial charge in [0.25, 0.3) is 0 Å². The number of rotatable bonds is 6. The molecule has 0 radical (unpaired) electrons. The third kappa shape index (κ3) is 3.22. The molecule has 0 aliphatic rings. The van der Waals surface area contributed by atoms with Crippen LogP contribution in [0.3, 0.4) is 0 Å². The maximum atomic E-state index is 12.8. The zero-order chi connectivity index (χ0) is 20.5. The summed E-state index contributed by atoms with van der Waals surface area (Å²) in [7, 11) is -3.59. The van der Waals surface area contributed by atoms with Gasteiger partial charge in [-0.3, -0.25) is 4.79 Å². The molecular formula is C21H21NO5S. The van der Waals surface area contributed by atoms with Gasteiger partial charge in [-0.1, -0.05) is 30.7 Å². The number of aromatic nitrogens is 1. The van der Waals surface area contributed by atoms with Crippen LogP contribution in [0.5, 0.6) is 0 Å². The second-order valence-electron chi connectivity index (χ2n) is 6.33. The highest BCUT2D eigenvalue weighted by Gasteiger charge is 2.29. The van der Waals surface area contributed by atoms with Gasteiger partial charge >= 0.3 is 5.97 Å². The van der Waals surface area contributed by atoms with Gasteiger partial charge in [0, 0.05) is 17.3 Å². The zero-order valence-electron chi connectivity index (χ0n) is 15.9. The third-order valence-electron chi connectivity index (χ3n) is 4.59. The Hall–Kier alpha value is -2.93. The van der Waals surface area contributed by atoms with E-state index in [1.165, 1.54) is 6.07 Å². The van der Waals surface area contributed by atoms with Crippen LogP contribution < -0.4 is 0 Å². The minimum absolute atomic E-state index is 0.0881. The van der Waals surface area contributed by atoms with Gasteiger partial charge in [0.15, 0.2) is 16.1 Å². The third-order valence-corrected chi connectivity index (χ3v) is 6.38. The molecule has 0 spiro atoms. The molecular weight excluding hydrogens is 378 g/mol. The van der Waals surface area contributed by atoms with Crippen molar-refractivity contribution < 1.29 is 22.7 Å². The van der Waals surface area contributed by atoms with Crippen molar-refractivity contribution in [3.05, 3.63) is 59.4 Å². The molecule has 0 fully saturated rings. The van der Waals surface area contributed by atoms with E-state index in [9.17, 15) is 18.0 Å². The Morgan fingerprint density at radius 1 is 1.18 bits per heavy atom. The lowest BCUT2D eigenvalue weighted by Gasteiger charge is -2.12. The molecule has 0 aliphatic carbocycles. The Balaban J connectivity index is 2.51. The molecule has 0 N–H and O–H groups in total. The quantitative estimate of drug-likeness (QED) is 0.466. The van der Waals surface area contributed by atoms with Crippen molar-refractivity contribution in [2.75, 3.05) is 12.4 Å². The highest BCUT2D eigenvalue weighted by molar-refractivity contribution is 7.91. The normalized spacial score (nSPS) is 11.5. The summed E-state index contributed by atoms with van der Waals surface area (Å²) in [6.45, 7) is 5.23. The highest BCUT2D eigenvalue weighted by Crippen LogP contribution is 2.37. The summed E-state index contributed by atoms with van der Waals surface area (Å²) in [6, 6.07) is 10.1. The van der Waals surface area contributed by atoms with Crippen LogP contribution in [0.1, 0.15) is 40.3 Å². The van der Waals surface area contributed by atoms with E-state index in [2.05, 4.69) is 0 Å². The fourth-order valence-electron chi connectivity index (χ4n) is 3.30. The van der Waals surface area contributed by atoms with Crippen LogP contribution in [0.4, 0.5) is 0 Å². The molecule has 0 bridgehead atoms. The first-order valence-electron chi connectivity index (χ1n) is 8.94. The smallest absolute Gasteiger partial charge is 0.340 e. The number of ether oxygens (including phenoxy) is 1. The van der Waals surface area contributed by atoms with Crippen molar-refractivity contribution in [3.8, 4) is 11.1 Å². The van der Waals surface area contributed by atoms with E-state index in [1.54, 1.807) is 54.8 Å². The van der Waals surface area contributed by atoms with Crippen molar-refractivity contribution in [1.82, 2.24) is 4.40 Å². The number of aryl methyl sites for hydroxylation is 1. The van der Waals surface area contributed by atoms with Gasteiger partial charge in [-0.15, -0.1) is 0 Å². The van der Waals surface area contributed by atoms with Gasteiger partial charge in [-0.2, -0.15) is 0 Å². The summed E-state index contributed by atoms with van der Waals surface area (Å²) in [5.74, 6) is -0.697. The minimum atomic E-state index is -3.59. The number of esters is 1. The van der Waals surface area contributed by atoms with E-state index in [4.69, 9.17) is 4.74 Å². The van der Waals surface area contributed by atoms with E-state index < -0.39 is 15.8 Å². The van der Waals surface area contributed by atoms with Crippen LogP contribution in [0.15, 0.2) is 47.5 Å². The number of fused-ring (bicyclic) bond motifs is 1. The number of carbonyl (C=O) groups is 2. The summed E-state index contributed by atoms with van der Waals surface area (Å²) < 4.78 is 32.2. The van der Waals surface area contributed by atoms with E-state index in [0.717, 1.165) is 5.56 Å². The molecule has 0 atom stereocenters. The summed E-state index contributed by atoms with van der Waals surface area (Å²) in [6.07, 6.45) is 2.30. The first-order valence-corrected chi connectivity index (χ1v) is 10.6. The van der Waals surface area contributed by atoms with Gasteiger partial charge in [0.2, 0.25) is 0 Å². The summed E-state index contributed by atoms with van der Waals surface area (Å²) in [5.41, 5.74) is 2.29. The van der Waals surface area contributed by atoms with Crippen molar-refractivity contribution in [1.29, 1.82) is 0 Å². The Labute approximate surface area is 163 Å². The Morgan fingerprint density at radius 2 is 1.93 bits per heavy atom. The molecule has 2 heterocycles. The van der Waals surface area contributed by atoms with Crippen LogP contribution in [-0.4, -0.2) is 37.4 Å². The molecule has 7 heteroatoms. The standard InChI is InChI=1S/C21H21NO5S/c1-4-27-21(24)20-16-8-6-7-11-22(16)17(13-23)19(20)15-12-14(3)9-10-18(15)28(25,26)5-2/h6-13H,4-5H2,1-3H3. The van der Waals surface area contributed by atoms with Crippen molar-refractivity contribution in [2.24, 2.45) is 0 Å². The van der Waals surface area contributed by atoms with Gasteiger partial charge in [0.1, 0.15) is 0 Å². The molecule has 3 rings (SSSR count). The Morgan fingerprint density at radius 3 is 2.57 bits per heavy atom.